The highest BCUT2D eigenvalue weighted by Crippen LogP contribution is 2.25. The Kier molecular flexibility index (Phi) is 4.29. The van der Waals surface area contributed by atoms with E-state index in [1.807, 2.05) is 0 Å². The van der Waals surface area contributed by atoms with E-state index in [9.17, 15) is 17.6 Å². The van der Waals surface area contributed by atoms with E-state index in [1.165, 1.54) is 22.5 Å². The van der Waals surface area contributed by atoms with E-state index in [-0.39, 0.29) is 17.0 Å². The molecular weight excluding hydrogens is 323 g/mol. The number of benzene rings is 1. The average Bonchev–Trinajstić information content (AvgIpc) is 2.96. The summed E-state index contributed by atoms with van der Waals surface area (Å²) in [4.78, 5) is 13.4. The highest BCUT2D eigenvalue weighted by Gasteiger charge is 2.35. The molecule has 0 N–H and O–H groups in total. The van der Waals surface area contributed by atoms with Crippen molar-refractivity contribution in [3.63, 3.8) is 0 Å². The summed E-state index contributed by atoms with van der Waals surface area (Å²) in [6.45, 7) is 3.18. The number of amides is 1. The molecule has 0 bridgehead atoms. The van der Waals surface area contributed by atoms with E-state index < -0.39 is 15.8 Å². The Morgan fingerprint density at radius 2 is 1.91 bits per heavy atom. The fourth-order valence-electron chi connectivity index (χ4n) is 3.06. The second-order valence-corrected chi connectivity index (χ2v) is 7.79. The number of ether oxygens (including phenoxy) is 1. The Bertz CT molecular complexity index is 714. The number of rotatable bonds is 3. The minimum Gasteiger partial charge on any atom is -0.448 e. The lowest BCUT2D eigenvalue weighted by molar-refractivity contribution is 0.134. The van der Waals surface area contributed by atoms with Crippen LogP contribution in [0, 0.1) is 12.7 Å². The zero-order valence-electron chi connectivity index (χ0n) is 12.9. The predicted molar refractivity (Wildman–Crippen MR) is 81.0 cm³/mol. The van der Waals surface area contributed by atoms with Crippen LogP contribution in [0.4, 0.5) is 9.18 Å². The van der Waals surface area contributed by atoms with Crippen molar-refractivity contribution in [2.45, 2.75) is 30.7 Å². The first-order chi connectivity index (χ1) is 10.9. The molecule has 1 aromatic carbocycles. The molecule has 2 aliphatic rings. The third-order valence-electron chi connectivity index (χ3n) is 4.42. The van der Waals surface area contributed by atoms with Crippen molar-refractivity contribution in [3.05, 3.63) is 29.6 Å². The minimum atomic E-state index is -3.63. The zero-order chi connectivity index (χ0) is 16.6. The van der Waals surface area contributed by atoms with Gasteiger partial charge in [0.25, 0.3) is 0 Å². The number of piperidine rings is 1. The van der Waals surface area contributed by atoms with E-state index in [0.717, 1.165) is 0 Å². The largest absolute Gasteiger partial charge is 0.448 e. The van der Waals surface area contributed by atoms with Crippen molar-refractivity contribution in [2.75, 3.05) is 26.2 Å². The maximum absolute atomic E-state index is 13.3. The quantitative estimate of drug-likeness (QED) is 0.839. The first-order valence-electron chi connectivity index (χ1n) is 7.59. The maximum Gasteiger partial charge on any atom is 0.410 e. The summed E-state index contributed by atoms with van der Waals surface area (Å²) in [5, 5.41) is 0. The number of carbonyl (C=O) groups excluding carboxylic acids is 1. The summed E-state index contributed by atoms with van der Waals surface area (Å²) in [7, 11) is -3.63. The number of halogens is 1. The zero-order valence-corrected chi connectivity index (χ0v) is 13.7. The molecule has 1 amide bonds. The van der Waals surface area contributed by atoms with E-state index in [4.69, 9.17) is 4.74 Å². The SMILES string of the molecule is Cc1cc(S(=O)(=O)N2CCC(N3CCOC3=O)CC2)ccc1F. The van der Waals surface area contributed by atoms with Crippen LogP contribution in [0.15, 0.2) is 23.1 Å². The number of hydrogen-bond acceptors (Lipinski definition) is 4. The van der Waals surface area contributed by atoms with Crippen molar-refractivity contribution in [1.29, 1.82) is 0 Å². The van der Waals surface area contributed by atoms with Crippen LogP contribution in [0.3, 0.4) is 0 Å². The van der Waals surface area contributed by atoms with Crippen LogP contribution < -0.4 is 0 Å². The Balaban J connectivity index is 1.71. The van der Waals surface area contributed by atoms with Gasteiger partial charge in [-0.05, 0) is 43.5 Å². The number of aryl methyl sites for hydroxylation is 1. The summed E-state index contributed by atoms with van der Waals surface area (Å²) in [5.41, 5.74) is 0.306. The lowest BCUT2D eigenvalue weighted by Crippen LogP contribution is -2.47. The first kappa shape index (κ1) is 16.2. The summed E-state index contributed by atoms with van der Waals surface area (Å²) in [6.07, 6.45) is 0.837. The van der Waals surface area contributed by atoms with Crippen molar-refractivity contribution >= 4 is 16.1 Å². The molecule has 2 heterocycles. The third kappa shape index (κ3) is 3.05. The second-order valence-electron chi connectivity index (χ2n) is 5.85. The Labute approximate surface area is 134 Å². The van der Waals surface area contributed by atoms with Gasteiger partial charge in [-0.3, -0.25) is 0 Å². The molecule has 126 valence electrons. The van der Waals surface area contributed by atoms with Gasteiger partial charge in [-0.1, -0.05) is 0 Å². The molecule has 0 spiro atoms. The Hall–Kier alpha value is -1.67. The van der Waals surface area contributed by atoms with Crippen molar-refractivity contribution < 1.29 is 22.3 Å². The van der Waals surface area contributed by atoms with Crippen LogP contribution in [0.1, 0.15) is 18.4 Å². The smallest absolute Gasteiger partial charge is 0.410 e. The van der Waals surface area contributed by atoms with Gasteiger partial charge in [0.1, 0.15) is 12.4 Å². The molecule has 0 saturated carbocycles. The van der Waals surface area contributed by atoms with Crippen molar-refractivity contribution in [1.82, 2.24) is 9.21 Å². The van der Waals surface area contributed by atoms with E-state index in [2.05, 4.69) is 0 Å². The van der Waals surface area contributed by atoms with Crippen LogP contribution in [0.25, 0.3) is 0 Å². The van der Waals surface area contributed by atoms with Crippen LogP contribution in [0.5, 0.6) is 0 Å². The van der Waals surface area contributed by atoms with E-state index in [0.29, 0.717) is 44.6 Å². The predicted octanol–water partition coefficient (Wildman–Crippen LogP) is 1.74. The Morgan fingerprint density at radius 3 is 2.48 bits per heavy atom. The monoisotopic (exact) mass is 342 g/mol. The molecule has 0 aromatic heterocycles. The van der Waals surface area contributed by atoms with Crippen molar-refractivity contribution in [3.8, 4) is 0 Å². The molecule has 8 heteroatoms. The molecular formula is C15H19FN2O4S. The van der Waals surface area contributed by atoms with Gasteiger partial charge in [0.05, 0.1) is 11.4 Å². The normalized spacial score (nSPS) is 20.8. The second kappa shape index (κ2) is 6.09. The summed E-state index contributed by atoms with van der Waals surface area (Å²) in [5.74, 6) is -0.421. The van der Waals surface area contributed by atoms with Gasteiger partial charge in [0, 0.05) is 19.1 Å². The summed E-state index contributed by atoms with van der Waals surface area (Å²) in [6, 6.07) is 3.84. The minimum absolute atomic E-state index is 0.0198. The third-order valence-corrected chi connectivity index (χ3v) is 6.32. The molecule has 1 aromatic rings. The molecule has 2 saturated heterocycles. The topological polar surface area (TPSA) is 66.9 Å². The molecule has 0 radical (unpaired) electrons. The van der Waals surface area contributed by atoms with Crippen LogP contribution in [0.2, 0.25) is 0 Å². The molecule has 2 aliphatic heterocycles. The standard InChI is InChI=1S/C15H19FN2O4S/c1-11-10-13(2-3-14(11)16)23(20,21)17-6-4-12(5-7-17)18-8-9-22-15(18)19/h2-3,10,12H,4-9H2,1H3. The van der Waals surface area contributed by atoms with Gasteiger partial charge < -0.3 is 9.64 Å². The van der Waals surface area contributed by atoms with Crippen molar-refractivity contribution in [2.24, 2.45) is 0 Å². The van der Waals surface area contributed by atoms with Crippen LogP contribution in [-0.2, 0) is 14.8 Å². The fourth-order valence-corrected chi connectivity index (χ4v) is 4.61. The molecule has 3 rings (SSSR count). The molecule has 0 unspecified atom stereocenters. The molecule has 2 fully saturated rings. The number of sulfonamides is 1. The van der Waals surface area contributed by atoms with Gasteiger partial charge in [-0.15, -0.1) is 0 Å². The lowest BCUT2D eigenvalue weighted by Gasteiger charge is -2.34. The first-order valence-corrected chi connectivity index (χ1v) is 9.03. The maximum atomic E-state index is 13.3. The molecule has 23 heavy (non-hydrogen) atoms. The summed E-state index contributed by atoms with van der Waals surface area (Å²) < 4.78 is 44.9. The summed E-state index contributed by atoms with van der Waals surface area (Å²) >= 11 is 0. The van der Waals surface area contributed by atoms with Gasteiger partial charge in [-0.2, -0.15) is 4.31 Å². The highest BCUT2D eigenvalue weighted by atomic mass is 32.2. The van der Waals surface area contributed by atoms with Crippen LogP contribution >= 0.6 is 0 Å². The molecule has 6 nitrogen and oxygen atoms in total. The van der Waals surface area contributed by atoms with Crippen LogP contribution in [-0.4, -0.2) is 56.0 Å². The number of cyclic esters (lactones) is 1. The molecule has 0 aliphatic carbocycles. The fraction of sp³-hybridized carbons (Fsp3) is 0.533. The van der Waals surface area contributed by atoms with Gasteiger partial charge in [0.2, 0.25) is 10.0 Å². The number of nitrogens with zero attached hydrogens (tertiary/aromatic N) is 2. The van der Waals surface area contributed by atoms with Gasteiger partial charge in [-0.25, -0.2) is 17.6 Å². The van der Waals surface area contributed by atoms with Gasteiger partial charge >= 0.3 is 6.09 Å². The number of carbonyl (C=O) groups is 1. The molecule has 0 atom stereocenters. The van der Waals surface area contributed by atoms with E-state index in [1.54, 1.807) is 11.8 Å². The van der Waals surface area contributed by atoms with Gasteiger partial charge in [0.15, 0.2) is 0 Å². The lowest BCUT2D eigenvalue weighted by atomic mass is 10.1. The highest BCUT2D eigenvalue weighted by molar-refractivity contribution is 7.89. The average molecular weight is 342 g/mol. The number of hydrogen-bond donors (Lipinski definition) is 0. The Morgan fingerprint density at radius 1 is 1.22 bits per heavy atom. The van der Waals surface area contributed by atoms with E-state index >= 15 is 0 Å².